The van der Waals surface area contributed by atoms with E-state index < -0.39 is 16.1 Å². The van der Waals surface area contributed by atoms with Crippen molar-refractivity contribution in [3.05, 3.63) is 26.6 Å². The summed E-state index contributed by atoms with van der Waals surface area (Å²) in [6.45, 7) is 2.18. The lowest BCUT2D eigenvalue weighted by Crippen LogP contribution is -2.36. The van der Waals surface area contributed by atoms with E-state index in [0.29, 0.717) is 4.47 Å². The highest BCUT2D eigenvalue weighted by molar-refractivity contribution is 9.11. The van der Waals surface area contributed by atoms with Gasteiger partial charge in [-0.3, -0.25) is 0 Å². The molecule has 7 heteroatoms. The maximum absolute atomic E-state index is 12.4. The van der Waals surface area contributed by atoms with Gasteiger partial charge in [-0.1, -0.05) is 28.8 Å². The van der Waals surface area contributed by atoms with Crippen LogP contribution in [-0.2, 0) is 10.0 Å². The highest BCUT2D eigenvalue weighted by Crippen LogP contribution is 2.29. The van der Waals surface area contributed by atoms with Crippen molar-refractivity contribution in [3.8, 4) is 0 Å². The van der Waals surface area contributed by atoms with Crippen molar-refractivity contribution in [3.63, 3.8) is 0 Å². The number of sulfonamides is 1. The van der Waals surface area contributed by atoms with Gasteiger partial charge in [-0.05, 0) is 59.3 Å². The second-order valence-corrected chi connectivity index (χ2v) is 8.94. The van der Waals surface area contributed by atoms with Gasteiger partial charge >= 0.3 is 0 Å². The van der Waals surface area contributed by atoms with Gasteiger partial charge in [0, 0.05) is 15.5 Å². The molecule has 0 heterocycles. The number of hydrogen-bond acceptors (Lipinski definition) is 3. The summed E-state index contributed by atoms with van der Waals surface area (Å²) in [4.78, 5) is 0.213. The minimum Gasteiger partial charge on any atom is -0.393 e. The monoisotopic (exact) mass is 439 g/mol. The molecule has 2 N–H and O–H groups in total. The van der Waals surface area contributed by atoms with Crippen molar-refractivity contribution < 1.29 is 13.5 Å². The number of aliphatic hydroxyl groups excluding tert-OH is 1. The molecule has 118 valence electrons. The molecule has 1 aromatic rings. The predicted octanol–water partition coefficient (Wildman–Crippen LogP) is 3.35. The van der Waals surface area contributed by atoms with E-state index in [1.807, 2.05) is 6.92 Å². The molecule has 21 heavy (non-hydrogen) atoms. The van der Waals surface area contributed by atoms with Gasteiger partial charge in [0.2, 0.25) is 10.0 Å². The lowest BCUT2D eigenvalue weighted by Gasteiger charge is -2.27. The van der Waals surface area contributed by atoms with Crippen LogP contribution in [0.1, 0.15) is 31.2 Å². The summed E-state index contributed by atoms with van der Waals surface area (Å²) >= 11 is 6.66. The van der Waals surface area contributed by atoms with Crippen LogP contribution in [0.5, 0.6) is 0 Å². The largest absolute Gasteiger partial charge is 0.393 e. The van der Waals surface area contributed by atoms with E-state index in [2.05, 4.69) is 36.6 Å². The highest BCUT2D eigenvalue weighted by atomic mass is 79.9. The van der Waals surface area contributed by atoms with Gasteiger partial charge in [0.05, 0.1) is 11.0 Å². The van der Waals surface area contributed by atoms with Crippen molar-refractivity contribution in [1.82, 2.24) is 4.72 Å². The number of nitrogens with one attached hydrogen (secondary N) is 1. The number of hydrogen-bond donors (Lipinski definition) is 2. The quantitative estimate of drug-likeness (QED) is 0.754. The van der Waals surface area contributed by atoms with Gasteiger partial charge in [-0.2, -0.15) is 0 Å². The first-order valence-corrected chi connectivity index (χ1v) is 10.0. The molecule has 2 atom stereocenters. The fourth-order valence-electron chi connectivity index (χ4n) is 2.55. The summed E-state index contributed by atoms with van der Waals surface area (Å²) in [7, 11) is -3.59. The Morgan fingerprint density at radius 3 is 2.57 bits per heavy atom. The van der Waals surface area contributed by atoms with Crippen LogP contribution >= 0.6 is 31.9 Å². The Hall–Kier alpha value is 0.0500. The first-order chi connectivity index (χ1) is 9.81. The van der Waals surface area contributed by atoms with Gasteiger partial charge in [-0.25, -0.2) is 13.1 Å². The molecule has 0 amide bonds. The zero-order chi connectivity index (χ0) is 15.6. The van der Waals surface area contributed by atoms with Crippen molar-refractivity contribution in [2.24, 2.45) is 5.92 Å². The zero-order valence-electron chi connectivity index (χ0n) is 11.8. The van der Waals surface area contributed by atoms with E-state index in [0.717, 1.165) is 35.7 Å². The summed E-state index contributed by atoms with van der Waals surface area (Å²) in [6, 6.07) is 3.37. The number of rotatable bonds is 4. The number of aliphatic hydroxyl groups is 1. The van der Waals surface area contributed by atoms with Crippen LogP contribution in [0.4, 0.5) is 0 Å². The third-order valence-corrected chi connectivity index (χ3v) is 7.14. The minimum atomic E-state index is -3.59. The minimum absolute atomic E-state index is 0.00110. The summed E-state index contributed by atoms with van der Waals surface area (Å²) in [5.41, 5.74) is 0.962. The number of halogens is 2. The van der Waals surface area contributed by atoms with Crippen LogP contribution in [0.25, 0.3) is 0 Å². The molecule has 1 aliphatic rings. The second kappa shape index (κ2) is 7.08. The van der Waals surface area contributed by atoms with Crippen LogP contribution in [0.2, 0.25) is 0 Å². The molecule has 0 aliphatic heterocycles. The molecule has 0 saturated heterocycles. The molecule has 1 aromatic carbocycles. The van der Waals surface area contributed by atoms with Gasteiger partial charge in [0.1, 0.15) is 0 Å². The number of benzene rings is 1. The Labute approximate surface area is 142 Å². The van der Waals surface area contributed by atoms with Crippen LogP contribution in [0.3, 0.4) is 0 Å². The van der Waals surface area contributed by atoms with Crippen molar-refractivity contribution >= 4 is 41.9 Å². The zero-order valence-corrected chi connectivity index (χ0v) is 15.8. The summed E-state index contributed by atoms with van der Waals surface area (Å²) in [5, 5.41) is 9.92. The van der Waals surface area contributed by atoms with E-state index in [4.69, 9.17) is 0 Å². The average Bonchev–Trinajstić information content (AvgIpc) is 2.42. The second-order valence-electron chi connectivity index (χ2n) is 5.50. The maximum atomic E-state index is 12.4. The molecular formula is C14H19Br2NO3S. The van der Waals surface area contributed by atoms with Crippen LogP contribution in [0.15, 0.2) is 26.0 Å². The first-order valence-electron chi connectivity index (χ1n) is 6.94. The summed E-state index contributed by atoms with van der Waals surface area (Å²) in [5.74, 6) is 0.00110. The molecule has 2 unspecified atom stereocenters. The molecule has 1 aliphatic carbocycles. The SMILES string of the molecule is Cc1cc(Br)c(S(=O)(=O)NCC2CCCCC2O)cc1Br. The smallest absolute Gasteiger partial charge is 0.241 e. The highest BCUT2D eigenvalue weighted by Gasteiger charge is 2.26. The molecule has 1 saturated carbocycles. The normalized spacial score (nSPS) is 23.2. The molecule has 0 radical (unpaired) electrons. The molecular weight excluding hydrogens is 422 g/mol. The first kappa shape index (κ1) is 17.4. The fourth-order valence-corrected chi connectivity index (χ4v) is 5.32. The Morgan fingerprint density at radius 1 is 1.24 bits per heavy atom. The fraction of sp³-hybridized carbons (Fsp3) is 0.571. The molecule has 0 bridgehead atoms. The topological polar surface area (TPSA) is 66.4 Å². The van der Waals surface area contributed by atoms with Gasteiger partial charge < -0.3 is 5.11 Å². The predicted molar refractivity (Wildman–Crippen MR) is 89.7 cm³/mol. The maximum Gasteiger partial charge on any atom is 0.241 e. The van der Waals surface area contributed by atoms with Crippen LogP contribution in [0, 0.1) is 12.8 Å². The summed E-state index contributed by atoms with van der Waals surface area (Å²) < 4.78 is 28.8. The Morgan fingerprint density at radius 2 is 1.90 bits per heavy atom. The van der Waals surface area contributed by atoms with Crippen molar-refractivity contribution in [2.75, 3.05) is 6.54 Å². The lowest BCUT2D eigenvalue weighted by atomic mass is 9.87. The van der Waals surface area contributed by atoms with Crippen molar-refractivity contribution in [1.29, 1.82) is 0 Å². The van der Waals surface area contributed by atoms with E-state index in [1.165, 1.54) is 0 Å². The molecule has 2 rings (SSSR count). The van der Waals surface area contributed by atoms with Crippen LogP contribution in [-0.4, -0.2) is 26.2 Å². The van der Waals surface area contributed by atoms with Gasteiger partial charge in [-0.15, -0.1) is 0 Å². The van der Waals surface area contributed by atoms with Gasteiger partial charge in [0.15, 0.2) is 0 Å². The van der Waals surface area contributed by atoms with Crippen molar-refractivity contribution in [2.45, 2.75) is 43.6 Å². The number of aryl methyl sites for hydroxylation is 1. The molecule has 4 nitrogen and oxygen atoms in total. The summed E-state index contributed by atoms with van der Waals surface area (Å²) in [6.07, 6.45) is 3.27. The Kier molecular flexibility index (Phi) is 5.87. The van der Waals surface area contributed by atoms with E-state index in [-0.39, 0.29) is 17.4 Å². The molecule has 0 spiro atoms. The Bertz CT molecular complexity index is 619. The average molecular weight is 441 g/mol. The standard InChI is InChI=1S/C14H19Br2NO3S/c1-9-6-12(16)14(7-11(9)15)21(19,20)17-8-10-4-2-3-5-13(10)18/h6-7,10,13,17-18H,2-5,8H2,1H3. The van der Waals surface area contributed by atoms with E-state index >= 15 is 0 Å². The van der Waals surface area contributed by atoms with Crippen LogP contribution < -0.4 is 4.72 Å². The molecule has 0 aromatic heterocycles. The third kappa shape index (κ3) is 4.28. The lowest BCUT2D eigenvalue weighted by molar-refractivity contribution is 0.0724. The van der Waals surface area contributed by atoms with E-state index in [1.54, 1.807) is 12.1 Å². The van der Waals surface area contributed by atoms with E-state index in [9.17, 15) is 13.5 Å². The molecule has 1 fully saturated rings. The Balaban J connectivity index is 2.13. The third-order valence-electron chi connectivity index (χ3n) is 3.91. The van der Waals surface area contributed by atoms with Gasteiger partial charge in [0.25, 0.3) is 0 Å².